The molecule has 2 aliphatic rings. The van der Waals surface area contributed by atoms with Crippen LogP contribution in [0.15, 0.2) is 23.1 Å². The number of nitrogens with zero attached hydrogens (tertiary/aromatic N) is 1. The Balaban J connectivity index is 1.81. The molecule has 0 spiro atoms. The van der Waals surface area contributed by atoms with Crippen molar-refractivity contribution in [3.05, 3.63) is 18.2 Å². The first-order valence-electron chi connectivity index (χ1n) is 8.25. The molecule has 1 amide bonds. The first-order valence-corrected chi connectivity index (χ1v) is 9.69. The number of nitrogens with one attached hydrogen (secondary N) is 2. The van der Waals surface area contributed by atoms with Gasteiger partial charge in [0.1, 0.15) is 10.6 Å². The summed E-state index contributed by atoms with van der Waals surface area (Å²) in [6.07, 6.45) is 3.55. The molecule has 2 heterocycles. The second-order valence-corrected chi connectivity index (χ2v) is 8.02. The molecule has 3 rings (SSSR count). The highest BCUT2D eigenvalue weighted by Gasteiger charge is 2.30. The summed E-state index contributed by atoms with van der Waals surface area (Å²) in [5, 5.41) is 5.95. The fraction of sp³-hybridized carbons (Fsp3) is 0.562. The molecule has 2 saturated heterocycles. The van der Waals surface area contributed by atoms with Gasteiger partial charge in [0.2, 0.25) is 15.9 Å². The van der Waals surface area contributed by atoms with E-state index in [0.29, 0.717) is 18.8 Å². The Labute approximate surface area is 142 Å². The lowest BCUT2D eigenvalue weighted by Gasteiger charge is -2.18. The van der Waals surface area contributed by atoms with E-state index in [1.165, 1.54) is 17.5 Å². The third-order valence-corrected chi connectivity index (χ3v) is 6.43. The summed E-state index contributed by atoms with van der Waals surface area (Å²) < 4.78 is 32.2. The van der Waals surface area contributed by atoms with E-state index in [1.54, 1.807) is 12.1 Å². The number of benzene rings is 1. The van der Waals surface area contributed by atoms with Crippen molar-refractivity contribution in [1.29, 1.82) is 0 Å². The SMILES string of the molecule is COc1cc(NC(=O)C2CCCN2)ccc1S(=O)(=O)N1CCCC1. The summed E-state index contributed by atoms with van der Waals surface area (Å²) in [6.45, 7) is 1.92. The van der Waals surface area contributed by atoms with Gasteiger partial charge in [0.25, 0.3) is 0 Å². The number of carbonyl (C=O) groups excluding carboxylic acids is 1. The topological polar surface area (TPSA) is 87.7 Å². The largest absolute Gasteiger partial charge is 0.495 e. The van der Waals surface area contributed by atoms with E-state index in [9.17, 15) is 13.2 Å². The average Bonchev–Trinajstić information content (AvgIpc) is 3.27. The van der Waals surface area contributed by atoms with E-state index in [-0.39, 0.29) is 22.6 Å². The predicted octanol–water partition coefficient (Wildman–Crippen LogP) is 1.17. The third kappa shape index (κ3) is 3.40. The van der Waals surface area contributed by atoms with Crippen LogP contribution in [0.5, 0.6) is 5.75 Å². The van der Waals surface area contributed by atoms with Gasteiger partial charge in [-0.1, -0.05) is 0 Å². The molecule has 1 unspecified atom stereocenters. The van der Waals surface area contributed by atoms with Crippen molar-refractivity contribution in [3.63, 3.8) is 0 Å². The van der Waals surface area contributed by atoms with Crippen LogP contribution in [0.3, 0.4) is 0 Å². The molecule has 132 valence electrons. The van der Waals surface area contributed by atoms with Crippen LogP contribution in [0.25, 0.3) is 0 Å². The fourth-order valence-electron chi connectivity index (χ4n) is 3.16. The number of hydrogen-bond donors (Lipinski definition) is 2. The summed E-state index contributed by atoms with van der Waals surface area (Å²) in [6, 6.07) is 4.49. The molecular weight excluding hydrogens is 330 g/mol. The van der Waals surface area contributed by atoms with Crippen molar-refractivity contribution >= 4 is 21.6 Å². The van der Waals surface area contributed by atoms with E-state index in [0.717, 1.165) is 32.2 Å². The lowest BCUT2D eigenvalue weighted by atomic mass is 10.2. The zero-order valence-corrected chi connectivity index (χ0v) is 14.6. The monoisotopic (exact) mass is 353 g/mol. The van der Waals surface area contributed by atoms with Crippen LogP contribution >= 0.6 is 0 Å². The number of sulfonamides is 1. The summed E-state index contributed by atoms with van der Waals surface area (Å²) >= 11 is 0. The van der Waals surface area contributed by atoms with Crippen LogP contribution in [0.1, 0.15) is 25.7 Å². The maximum absolute atomic E-state index is 12.7. The summed E-state index contributed by atoms with van der Waals surface area (Å²) in [5.74, 6) is 0.142. The Morgan fingerprint density at radius 3 is 2.67 bits per heavy atom. The van der Waals surface area contributed by atoms with E-state index in [4.69, 9.17) is 4.74 Å². The highest BCUT2D eigenvalue weighted by Crippen LogP contribution is 2.31. The van der Waals surface area contributed by atoms with Gasteiger partial charge in [-0.05, 0) is 44.4 Å². The molecule has 2 fully saturated rings. The van der Waals surface area contributed by atoms with Gasteiger partial charge in [-0.3, -0.25) is 4.79 Å². The van der Waals surface area contributed by atoms with E-state index >= 15 is 0 Å². The second kappa shape index (κ2) is 7.08. The number of anilines is 1. The van der Waals surface area contributed by atoms with Crippen molar-refractivity contribution in [2.75, 3.05) is 32.1 Å². The molecule has 24 heavy (non-hydrogen) atoms. The van der Waals surface area contributed by atoms with Crippen molar-refractivity contribution in [3.8, 4) is 5.75 Å². The summed E-state index contributed by atoms with van der Waals surface area (Å²) in [7, 11) is -2.13. The smallest absolute Gasteiger partial charge is 0.246 e. The quantitative estimate of drug-likeness (QED) is 0.830. The van der Waals surface area contributed by atoms with Gasteiger partial charge in [0.15, 0.2) is 0 Å². The average molecular weight is 353 g/mol. The first kappa shape index (κ1) is 17.2. The molecule has 0 saturated carbocycles. The number of ether oxygens (including phenoxy) is 1. The maximum atomic E-state index is 12.7. The minimum atomic E-state index is -3.56. The number of methoxy groups -OCH3 is 1. The fourth-order valence-corrected chi connectivity index (χ4v) is 4.82. The Bertz CT molecular complexity index is 708. The van der Waals surface area contributed by atoms with Gasteiger partial charge < -0.3 is 15.4 Å². The molecule has 1 aromatic carbocycles. The van der Waals surface area contributed by atoms with Gasteiger partial charge in [0.05, 0.1) is 13.2 Å². The predicted molar refractivity (Wildman–Crippen MR) is 90.6 cm³/mol. The Morgan fingerprint density at radius 1 is 1.29 bits per heavy atom. The van der Waals surface area contributed by atoms with Crippen molar-refractivity contribution in [1.82, 2.24) is 9.62 Å². The molecule has 2 N–H and O–H groups in total. The van der Waals surface area contributed by atoms with E-state index < -0.39 is 10.0 Å². The minimum absolute atomic E-state index is 0.107. The standard InChI is InChI=1S/C16H23N3O4S/c1-23-14-11-12(18-16(20)13-5-4-8-17-13)6-7-15(14)24(21,22)19-9-2-3-10-19/h6-7,11,13,17H,2-5,8-10H2,1H3,(H,18,20). The van der Waals surface area contributed by atoms with Gasteiger partial charge in [-0.25, -0.2) is 8.42 Å². The van der Waals surface area contributed by atoms with Crippen molar-refractivity contribution < 1.29 is 17.9 Å². The molecule has 0 bridgehead atoms. The van der Waals surface area contributed by atoms with Crippen LogP contribution in [-0.2, 0) is 14.8 Å². The summed E-state index contributed by atoms with van der Waals surface area (Å²) in [5.41, 5.74) is 0.533. The minimum Gasteiger partial charge on any atom is -0.495 e. The second-order valence-electron chi connectivity index (χ2n) is 6.12. The Kier molecular flexibility index (Phi) is 5.07. The molecule has 0 aliphatic carbocycles. The molecule has 8 heteroatoms. The number of carbonyl (C=O) groups is 1. The number of amides is 1. The van der Waals surface area contributed by atoms with E-state index in [2.05, 4.69) is 10.6 Å². The molecule has 2 aliphatic heterocycles. The molecule has 7 nitrogen and oxygen atoms in total. The van der Waals surface area contributed by atoms with Crippen LogP contribution < -0.4 is 15.4 Å². The molecule has 1 aromatic rings. The van der Waals surface area contributed by atoms with Gasteiger partial charge >= 0.3 is 0 Å². The molecule has 1 atom stereocenters. The summed E-state index contributed by atoms with van der Waals surface area (Å²) in [4.78, 5) is 12.3. The van der Waals surface area contributed by atoms with Crippen LogP contribution in [0.4, 0.5) is 5.69 Å². The molecular formula is C16H23N3O4S. The zero-order chi connectivity index (χ0) is 17.2. The van der Waals surface area contributed by atoms with Crippen LogP contribution in [0, 0.1) is 0 Å². The van der Waals surface area contributed by atoms with Crippen molar-refractivity contribution in [2.45, 2.75) is 36.6 Å². The number of hydrogen-bond acceptors (Lipinski definition) is 5. The lowest BCUT2D eigenvalue weighted by Crippen LogP contribution is -2.35. The lowest BCUT2D eigenvalue weighted by molar-refractivity contribution is -0.117. The highest BCUT2D eigenvalue weighted by molar-refractivity contribution is 7.89. The van der Waals surface area contributed by atoms with Gasteiger partial charge in [0, 0.05) is 24.8 Å². The Morgan fingerprint density at radius 2 is 2.04 bits per heavy atom. The molecule has 0 aromatic heterocycles. The van der Waals surface area contributed by atoms with E-state index in [1.807, 2.05) is 0 Å². The number of rotatable bonds is 5. The zero-order valence-electron chi connectivity index (χ0n) is 13.7. The van der Waals surface area contributed by atoms with Crippen LogP contribution in [0.2, 0.25) is 0 Å². The Hall–Kier alpha value is -1.64. The first-order chi connectivity index (χ1) is 11.5. The van der Waals surface area contributed by atoms with Gasteiger partial charge in [-0.2, -0.15) is 4.31 Å². The normalized spacial score (nSPS) is 21.8. The molecule has 0 radical (unpaired) electrons. The van der Waals surface area contributed by atoms with Crippen LogP contribution in [-0.4, -0.2) is 51.4 Å². The maximum Gasteiger partial charge on any atom is 0.246 e. The highest BCUT2D eigenvalue weighted by atomic mass is 32.2. The van der Waals surface area contributed by atoms with Gasteiger partial charge in [-0.15, -0.1) is 0 Å². The van der Waals surface area contributed by atoms with Crippen molar-refractivity contribution in [2.24, 2.45) is 0 Å². The third-order valence-electron chi connectivity index (χ3n) is 4.49.